The first-order valence-electron chi connectivity index (χ1n) is 6.96. The standard InChI is InChI=1S/C16H16Cl2N2O/c17-13-3-1-11(2-4-13)10-21-16-7-12(15(18)9-20-16)8-19-14-5-6-14/h1-4,7,9,14,19H,5-6,8,10H2. The Bertz CT molecular complexity index is 612. The number of rotatable bonds is 6. The van der Waals surface area contributed by atoms with Gasteiger partial charge in [0.05, 0.1) is 5.02 Å². The van der Waals surface area contributed by atoms with E-state index in [1.807, 2.05) is 30.3 Å². The Morgan fingerprint density at radius 1 is 1.19 bits per heavy atom. The molecule has 1 aromatic carbocycles. The summed E-state index contributed by atoms with van der Waals surface area (Å²) in [5.74, 6) is 0.585. The fraction of sp³-hybridized carbons (Fsp3) is 0.312. The fourth-order valence-electron chi connectivity index (χ4n) is 1.95. The summed E-state index contributed by atoms with van der Waals surface area (Å²) in [5.41, 5.74) is 2.07. The lowest BCUT2D eigenvalue weighted by Crippen LogP contribution is -2.15. The van der Waals surface area contributed by atoms with E-state index in [1.54, 1.807) is 6.20 Å². The second-order valence-corrected chi connectivity index (χ2v) is 6.03. The van der Waals surface area contributed by atoms with Crippen LogP contribution >= 0.6 is 23.2 Å². The van der Waals surface area contributed by atoms with Crippen LogP contribution in [0, 0.1) is 0 Å². The highest BCUT2D eigenvalue weighted by Crippen LogP contribution is 2.23. The van der Waals surface area contributed by atoms with Crippen LogP contribution in [-0.4, -0.2) is 11.0 Å². The number of hydrogen-bond acceptors (Lipinski definition) is 3. The first-order chi connectivity index (χ1) is 10.2. The van der Waals surface area contributed by atoms with E-state index in [2.05, 4.69) is 10.3 Å². The van der Waals surface area contributed by atoms with Crippen molar-refractivity contribution in [3.05, 3.63) is 57.7 Å². The summed E-state index contributed by atoms with van der Waals surface area (Å²) in [4.78, 5) is 4.21. The van der Waals surface area contributed by atoms with Gasteiger partial charge >= 0.3 is 0 Å². The summed E-state index contributed by atoms with van der Waals surface area (Å²) in [5, 5.41) is 4.83. The van der Waals surface area contributed by atoms with Crippen LogP contribution in [0.1, 0.15) is 24.0 Å². The summed E-state index contributed by atoms with van der Waals surface area (Å²) in [6.45, 7) is 1.21. The SMILES string of the molecule is Clc1ccc(COc2cc(CNC3CC3)c(Cl)cn2)cc1. The lowest BCUT2D eigenvalue weighted by atomic mass is 10.2. The monoisotopic (exact) mass is 322 g/mol. The zero-order valence-electron chi connectivity index (χ0n) is 11.5. The first kappa shape index (κ1) is 14.6. The minimum atomic E-state index is 0.460. The van der Waals surface area contributed by atoms with Gasteiger partial charge in [0.15, 0.2) is 0 Å². The van der Waals surface area contributed by atoms with Crippen molar-refractivity contribution in [2.75, 3.05) is 0 Å². The number of nitrogens with zero attached hydrogens (tertiary/aromatic N) is 1. The highest BCUT2D eigenvalue weighted by molar-refractivity contribution is 6.31. The molecule has 1 fully saturated rings. The second-order valence-electron chi connectivity index (χ2n) is 5.18. The molecule has 0 amide bonds. The fourth-order valence-corrected chi connectivity index (χ4v) is 2.25. The minimum absolute atomic E-state index is 0.460. The van der Waals surface area contributed by atoms with Crippen molar-refractivity contribution in [2.45, 2.75) is 32.0 Å². The highest BCUT2D eigenvalue weighted by Gasteiger charge is 2.20. The van der Waals surface area contributed by atoms with Crippen LogP contribution in [0.15, 0.2) is 36.5 Å². The summed E-state index contributed by atoms with van der Waals surface area (Å²) in [6, 6.07) is 10.1. The van der Waals surface area contributed by atoms with E-state index in [9.17, 15) is 0 Å². The number of benzene rings is 1. The van der Waals surface area contributed by atoms with Crippen LogP contribution in [-0.2, 0) is 13.2 Å². The van der Waals surface area contributed by atoms with Gasteiger partial charge in [-0.3, -0.25) is 0 Å². The van der Waals surface area contributed by atoms with Gasteiger partial charge in [-0.15, -0.1) is 0 Å². The highest BCUT2D eigenvalue weighted by atomic mass is 35.5. The van der Waals surface area contributed by atoms with Crippen molar-refractivity contribution < 1.29 is 4.74 Å². The van der Waals surface area contributed by atoms with Crippen LogP contribution < -0.4 is 10.1 Å². The Labute approximate surface area is 134 Å². The van der Waals surface area contributed by atoms with Gasteiger partial charge < -0.3 is 10.1 Å². The van der Waals surface area contributed by atoms with E-state index in [4.69, 9.17) is 27.9 Å². The van der Waals surface area contributed by atoms with Crippen molar-refractivity contribution >= 4 is 23.2 Å². The lowest BCUT2D eigenvalue weighted by Gasteiger charge is -2.09. The molecule has 1 saturated carbocycles. The van der Waals surface area contributed by atoms with Gasteiger partial charge in [-0.1, -0.05) is 35.3 Å². The second kappa shape index (κ2) is 6.65. The molecule has 110 valence electrons. The van der Waals surface area contributed by atoms with Crippen LogP contribution in [0.2, 0.25) is 10.0 Å². The van der Waals surface area contributed by atoms with Crippen molar-refractivity contribution in [2.24, 2.45) is 0 Å². The van der Waals surface area contributed by atoms with Gasteiger partial charge in [0.2, 0.25) is 5.88 Å². The predicted octanol–water partition coefficient (Wildman–Crippen LogP) is 4.22. The molecule has 1 aromatic heterocycles. The van der Waals surface area contributed by atoms with Crippen LogP contribution in [0.25, 0.3) is 0 Å². The average Bonchev–Trinajstić information content (AvgIpc) is 3.31. The third-order valence-corrected chi connectivity index (χ3v) is 3.96. The van der Waals surface area contributed by atoms with E-state index in [1.165, 1.54) is 12.8 Å². The summed E-state index contributed by atoms with van der Waals surface area (Å²) in [7, 11) is 0. The summed E-state index contributed by atoms with van der Waals surface area (Å²) >= 11 is 12.0. The number of pyridine rings is 1. The van der Waals surface area contributed by atoms with Gasteiger partial charge in [0.25, 0.3) is 0 Å². The quantitative estimate of drug-likeness (QED) is 0.864. The molecule has 0 radical (unpaired) electrons. The van der Waals surface area contributed by atoms with Gasteiger partial charge in [-0.05, 0) is 36.1 Å². The Morgan fingerprint density at radius 3 is 2.67 bits per heavy atom. The van der Waals surface area contributed by atoms with Crippen molar-refractivity contribution in [1.29, 1.82) is 0 Å². The number of halogens is 2. The molecule has 1 heterocycles. The molecule has 5 heteroatoms. The molecule has 0 unspecified atom stereocenters. The van der Waals surface area contributed by atoms with E-state index >= 15 is 0 Å². The molecule has 0 aliphatic heterocycles. The zero-order chi connectivity index (χ0) is 14.7. The number of nitrogens with one attached hydrogen (secondary N) is 1. The molecule has 1 N–H and O–H groups in total. The summed E-state index contributed by atoms with van der Waals surface area (Å²) < 4.78 is 5.71. The third-order valence-electron chi connectivity index (χ3n) is 3.37. The third kappa shape index (κ3) is 4.34. The van der Waals surface area contributed by atoms with Gasteiger partial charge in [0, 0.05) is 29.9 Å². The molecule has 2 aromatic rings. The minimum Gasteiger partial charge on any atom is -0.473 e. The number of hydrogen-bond donors (Lipinski definition) is 1. The first-order valence-corrected chi connectivity index (χ1v) is 7.71. The molecule has 0 bridgehead atoms. The van der Waals surface area contributed by atoms with Crippen molar-refractivity contribution in [3.8, 4) is 5.88 Å². The smallest absolute Gasteiger partial charge is 0.213 e. The molecular weight excluding hydrogens is 307 g/mol. The average molecular weight is 323 g/mol. The molecule has 3 rings (SSSR count). The number of ether oxygens (including phenoxy) is 1. The Hall–Kier alpha value is -1.29. The molecule has 1 aliphatic rings. The Balaban J connectivity index is 1.61. The largest absolute Gasteiger partial charge is 0.473 e. The Morgan fingerprint density at radius 2 is 1.95 bits per heavy atom. The normalized spacial score (nSPS) is 14.2. The number of aromatic nitrogens is 1. The molecule has 21 heavy (non-hydrogen) atoms. The Kier molecular flexibility index (Phi) is 4.63. The van der Waals surface area contributed by atoms with Gasteiger partial charge in [0.1, 0.15) is 6.61 Å². The van der Waals surface area contributed by atoms with Crippen LogP contribution in [0.5, 0.6) is 5.88 Å². The van der Waals surface area contributed by atoms with Crippen LogP contribution in [0.4, 0.5) is 0 Å². The van der Waals surface area contributed by atoms with E-state index in [-0.39, 0.29) is 0 Å². The van der Waals surface area contributed by atoms with E-state index in [0.29, 0.717) is 23.6 Å². The molecule has 0 spiro atoms. The molecule has 3 nitrogen and oxygen atoms in total. The maximum Gasteiger partial charge on any atom is 0.213 e. The van der Waals surface area contributed by atoms with Crippen molar-refractivity contribution in [3.63, 3.8) is 0 Å². The van der Waals surface area contributed by atoms with Gasteiger partial charge in [-0.2, -0.15) is 0 Å². The van der Waals surface area contributed by atoms with Gasteiger partial charge in [-0.25, -0.2) is 4.98 Å². The molecular formula is C16H16Cl2N2O. The topological polar surface area (TPSA) is 34.1 Å². The maximum atomic E-state index is 6.16. The molecule has 1 aliphatic carbocycles. The predicted molar refractivity (Wildman–Crippen MR) is 84.9 cm³/mol. The maximum absolute atomic E-state index is 6.16. The molecule has 0 saturated heterocycles. The molecule has 0 atom stereocenters. The van der Waals surface area contributed by atoms with Crippen molar-refractivity contribution in [1.82, 2.24) is 10.3 Å². The van der Waals surface area contributed by atoms with Crippen LogP contribution in [0.3, 0.4) is 0 Å². The van der Waals surface area contributed by atoms with E-state index < -0.39 is 0 Å². The zero-order valence-corrected chi connectivity index (χ0v) is 13.0. The lowest BCUT2D eigenvalue weighted by molar-refractivity contribution is 0.293. The summed E-state index contributed by atoms with van der Waals surface area (Å²) in [6.07, 6.45) is 4.15. The van der Waals surface area contributed by atoms with E-state index in [0.717, 1.165) is 22.7 Å².